The predicted molar refractivity (Wildman–Crippen MR) is 77.1 cm³/mol. The molecule has 0 unspecified atom stereocenters. The van der Waals surface area contributed by atoms with Crippen LogP contribution < -0.4 is 0 Å². The van der Waals surface area contributed by atoms with Gasteiger partial charge in [-0.25, -0.2) is 4.39 Å². The predicted octanol–water partition coefficient (Wildman–Crippen LogP) is 2.37. The van der Waals surface area contributed by atoms with Gasteiger partial charge in [-0.15, -0.1) is 12.4 Å². The van der Waals surface area contributed by atoms with Crippen molar-refractivity contribution in [1.29, 1.82) is 0 Å². The van der Waals surface area contributed by atoms with E-state index in [0.29, 0.717) is 12.5 Å². The Morgan fingerprint density at radius 3 is 2.75 bits per heavy atom. The Hall–Kier alpha value is -1.39. The maximum atomic E-state index is 12.7. The smallest absolute Gasteiger partial charge is 0.310 e. The Kier molecular flexibility index (Phi) is 4.78. The molecule has 1 aromatic carbocycles. The molecule has 0 spiro atoms. The van der Waals surface area contributed by atoms with Gasteiger partial charge < -0.3 is 4.74 Å². The molecule has 0 bridgehead atoms. The van der Waals surface area contributed by atoms with Crippen LogP contribution in [0.15, 0.2) is 30.3 Å². The first-order valence-corrected chi connectivity index (χ1v) is 6.53. The molecule has 0 N–H and O–H groups in total. The van der Waals surface area contributed by atoms with Crippen molar-refractivity contribution in [1.82, 2.24) is 4.90 Å². The van der Waals surface area contributed by atoms with Gasteiger partial charge in [-0.05, 0) is 17.7 Å². The minimum Gasteiger partial charge on any atom is -0.465 e. The molecule has 2 heterocycles. The van der Waals surface area contributed by atoms with Crippen LogP contribution in [0.5, 0.6) is 0 Å². The maximum Gasteiger partial charge on any atom is 0.310 e. The van der Waals surface area contributed by atoms with E-state index in [-0.39, 0.29) is 30.1 Å². The van der Waals surface area contributed by atoms with Gasteiger partial charge in [0.2, 0.25) is 0 Å². The van der Waals surface area contributed by atoms with Crippen LogP contribution in [-0.4, -0.2) is 37.1 Å². The van der Waals surface area contributed by atoms with Crippen LogP contribution in [0.2, 0.25) is 0 Å². The summed E-state index contributed by atoms with van der Waals surface area (Å²) in [7, 11) is 0. The molecule has 2 aliphatic heterocycles. The number of halogens is 2. The third-order valence-electron chi connectivity index (χ3n) is 3.80. The number of nitrogens with zero attached hydrogens (tertiary/aromatic N) is 1. The molecule has 0 radical (unpaired) electrons. The molecule has 2 atom stereocenters. The zero-order valence-corrected chi connectivity index (χ0v) is 11.8. The highest BCUT2D eigenvalue weighted by Crippen LogP contribution is 2.29. The van der Waals surface area contributed by atoms with Gasteiger partial charge >= 0.3 is 5.97 Å². The third kappa shape index (κ3) is 3.19. The van der Waals surface area contributed by atoms with Crippen LogP contribution in [0.4, 0.5) is 4.39 Å². The molecule has 0 aromatic heterocycles. The zero-order valence-electron chi connectivity index (χ0n) is 11.0. The number of rotatable bonds is 3. The lowest BCUT2D eigenvalue weighted by Crippen LogP contribution is -2.24. The van der Waals surface area contributed by atoms with E-state index in [0.717, 1.165) is 25.2 Å². The number of cyclic esters (lactones) is 1. The van der Waals surface area contributed by atoms with Crippen molar-refractivity contribution in [2.75, 3.05) is 26.2 Å². The minimum atomic E-state index is -0.219. The minimum absolute atomic E-state index is 0. The van der Waals surface area contributed by atoms with E-state index in [2.05, 4.69) is 11.0 Å². The van der Waals surface area contributed by atoms with E-state index in [9.17, 15) is 9.18 Å². The molecule has 5 heteroatoms. The Labute approximate surface area is 123 Å². The monoisotopic (exact) mass is 297 g/mol. The molecular formula is C15H17ClFNO2. The molecule has 0 amide bonds. The van der Waals surface area contributed by atoms with Gasteiger partial charge in [0.1, 0.15) is 5.82 Å². The first kappa shape index (κ1) is 15.0. The summed E-state index contributed by atoms with van der Waals surface area (Å²) in [6.07, 6.45) is 4.03. The summed E-state index contributed by atoms with van der Waals surface area (Å²) < 4.78 is 17.8. The summed E-state index contributed by atoms with van der Waals surface area (Å²) in [6, 6.07) is 6.41. The lowest BCUT2D eigenvalue weighted by atomic mass is 10.0. The van der Waals surface area contributed by atoms with E-state index in [1.807, 2.05) is 6.08 Å². The van der Waals surface area contributed by atoms with Gasteiger partial charge in [-0.1, -0.05) is 24.3 Å². The standard InChI is InChI=1S/C15H16FNO2.ClH/c16-13-5-3-11(4-6-13)2-1-7-17-8-12-10-19-15(18)14(12)9-17;/h1-6,12,14H,7-10H2;1H/b2-1+;/t12-,14-;/m1./s1. The van der Waals surface area contributed by atoms with Crippen molar-refractivity contribution < 1.29 is 13.9 Å². The third-order valence-corrected chi connectivity index (χ3v) is 3.80. The molecule has 108 valence electrons. The first-order chi connectivity index (χ1) is 9.22. The van der Waals surface area contributed by atoms with Gasteiger partial charge in [0.05, 0.1) is 12.5 Å². The highest BCUT2D eigenvalue weighted by molar-refractivity contribution is 5.85. The number of hydrogen-bond donors (Lipinski definition) is 0. The molecule has 2 fully saturated rings. The van der Waals surface area contributed by atoms with Gasteiger partial charge in [-0.3, -0.25) is 9.69 Å². The SMILES string of the molecule is Cl.O=C1OC[C@H]2CN(C/C=C/c3ccc(F)cc3)C[C@@H]12. The van der Waals surface area contributed by atoms with Crippen molar-refractivity contribution in [3.8, 4) is 0 Å². The summed E-state index contributed by atoms with van der Waals surface area (Å²) in [6.45, 7) is 3.10. The molecule has 2 saturated heterocycles. The molecule has 0 saturated carbocycles. The van der Waals surface area contributed by atoms with E-state index in [4.69, 9.17) is 4.74 Å². The lowest BCUT2D eigenvalue weighted by molar-refractivity contribution is -0.141. The molecular weight excluding hydrogens is 281 g/mol. The Morgan fingerprint density at radius 1 is 1.30 bits per heavy atom. The zero-order chi connectivity index (χ0) is 13.2. The number of likely N-dealkylation sites (tertiary alicyclic amines) is 1. The highest BCUT2D eigenvalue weighted by atomic mass is 35.5. The van der Waals surface area contributed by atoms with Crippen LogP contribution in [-0.2, 0) is 9.53 Å². The van der Waals surface area contributed by atoms with E-state index < -0.39 is 0 Å². The molecule has 0 aliphatic carbocycles. The number of hydrogen-bond acceptors (Lipinski definition) is 3. The molecule has 20 heavy (non-hydrogen) atoms. The highest BCUT2D eigenvalue weighted by Gasteiger charge is 2.43. The molecule has 1 aromatic rings. The fourth-order valence-corrected chi connectivity index (χ4v) is 2.75. The largest absolute Gasteiger partial charge is 0.465 e. The number of fused-ring (bicyclic) bond motifs is 1. The molecule has 2 aliphatic rings. The van der Waals surface area contributed by atoms with Gasteiger partial charge in [0, 0.05) is 25.6 Å². The maximum absolute atomic E-state index is 12.7. The summed E-state index contributed by atoms with van der Waals surface area (Å²) >= 11 is 0. The number of ether oxygens (including phenoxy) is 1. The van der Waals surface area contributed by atoms with Gasteiger partial charge in [-0.2, -0.15) is 0 Å². The Bertz CT molecular complexity index is 503. The Balaban J connectivity index is 0.00000147. The van der Waals surface area contributed by atoms with Crippen LogP contribution in [0.25, 0.3) is 6.08 Å². The number of carbonyl (C=O) groups is 1. The van der Waals surface area contributed by atoms with Crippen LogP contribution in [0.1, 0.15) is 5.56 Å². The second-order valence-electron chi connectivity index (χ2n) is 5.17. The van der Waals surface area contributed by atoms with E-state index in [1.165, 1.54) is 12.1 Å². The van der Waals surface area contributed by atoms with Crippen molar-refractivity contribution in [2.24, 2.45) is 11.8 Å². The van der Waals surface area contributed by atoms with Crippen molar-refractivity contribution in [3.63, 3.8) is 0 Å². The topological polar surface area (TPSA) is 29.5 Å². The molecule has 3 nitrogen and oxygen atoms in total. The average molecular weight is 298 g/mol. The van der Waals surface area contributed by atoms with Crippen LogP contribution >= 0.6 is 12.4 Å². The van der Waals surface area contributed by atoms with Crippen LogP contribution in [0, 0.1) is 17.7 Å². The first-order valence-electron chi connectivity index (χ1n) is 6.53. The summed E-state index contributed by atoms with van der Waals surface area (Å²) in [4.78, 5) is 13.7. The van der Waals surface area contributed by atoms with Crippen molar-refractivity contribution in [2.45, 2.75) is 0 Å². The molecule has 3 rings (SSSR count). The lowest BCUT2D eigenvalue weighted by Gasteiger charge is -2.13. The average Bonchev–Trinajstić information content (AvgIpc) is 2.95. The normalized spacial score (nSPS) is 25.6. The van der Waals surface area contributed by atoms with Gasteiger partial charge in [0.15, 0.2) is 0 Å². The number of benzene rings is 1. The van der Waals surface area contributed by atoms with E-state index in [1.54, 1.807) is 12.1 Å². The fourth-order valence-electron chi connectivity index (χ4n) is 2.75. The van der Waals surface area contributed by atoms with Crippen LogP contribution in [0.3, 0.4) is 0 Å². The number of esters is 1. The number of carbonyl (C=O) groups excluding carboxylic acids is 1. The van der Waals surface area contributed by atoms with Crippen molar-refractivity contribution >= 4 is 24.5 Å². The summed E-state index contributed by atoms with van der Waals surface area (Å²) in [5.41, 5.74) is 0.986. The summed E-state index contributed by atoms with van der Waals surface area (Å²) in [5, 5.41) is 0. The Morgan fingerprint density at radius 2 is 2.05 bits per heavy atom. The fraction of sp³-hybridized carbons (Fsp3) is 0.400. The van der Waals surface area contributed by atoms with Crippen molar-refractivity contribution in [3.05, 3.63) is 41.7 Å². The van der Waals surface area contributed by atoms with E-state index >= 15 is 0 Å². The second kappa shape index (κ2) is 6.37. The summed E-state index contributed by atoms with van der Waals surface area (Å²) in [5.74, 6) is 0.170. The quantitative estimate of drug-likeness (QED) is 0.802. The van der Waals surface area contributed by atoms with Gasteiger partial charge in [0.25, 0.3) is 0 Å². The second-order valence-corrected chi connectivity index (χ2v) is 5.17.